The van der Waals surface area contributed by atoms with E-state index in [2.05, 4.69) is 5.32 Å². The second-order valence-corrected chi connectivity index (χ2v) is 5.41. The van der Waals surface area contributed by atoms with Crippen LogP contribution in [0.15, 0.2) is 24.3 Å². The number of hydrogen-bond donors (Lipinski definition) is 1. The summed E-state index contributed by atoms with van der Waals surface area (Å²) in [5.74, 6) is 1.03. The Balaban J connectivity index is 2.02. The molecule has 1 aromatic carbocycles. The maximum Gasteiger partial charge on any atom is 0.179 e. The first kappa shape index (κ1) is 14.1. The molecule has 3 heteroatoms. The Hall–Kier alpha value is -1.35. The third-order valence-corrected chi connectivity index (χ3v) is 3.39. The predicted molar refractivity (Wildman–Crippen MR) is 76.8 cm³/mol. The zero-order valence-electron chi connectivity index (χ0n) is 11.8. The Kier molecular flexibility index (Phi) is 4.97. The van der Waals surface area contributed by atoms with Gasteiger partial charge in [0, 0.05) is 5.56 Å². The molecular weight excluding hydrogens is 238 g/mol. The fraction of sp³-hybridized carbons (Fsp3) is 0.562. The van der Waals surface area contributed by atoms with Crippen LogP contribution in [0, 0.1) is 0 Å². The van der Waals surface area contributed by atoms with E-state index in [1.807, 2.05) is 38.1 Å². The number of Topliss-reactive ketones (excluding diaryl/α,β-unsaturated/α-hetero) is 1. The highest BCUT2D eigenvalue weighted by Gasteiger charge is 2.20. The van der Waals surface area contributed by atoms with Crippen molar-refractivity contribution in [3.63, 3.8) is 0 Å². The van der Waals surface area contributed by atoms with Gasteiger partial charge < -0.3 is 10.1 Å². The van der Waals surface area contributed by atoms with Gasteiger partial charge in [-0.2, -0.15) is 0 Å². The lowest BCUT2D eigenvalue weighted by Crippen LogP contribution is -2.36. The van der Waals surface area contributed by atoms with Crippen molar-refractivity contribution < 1.29 is 9.53 Å². The van der Waals surface area contributed by atoms with Gasteiger partial charge >= 0.3 is 0 Å². The van der Waals surface area contributed by atoms with E-state index in [9.17, 15) is 4.79 Å². The molecule has 1 atom stereocenters. The summed E-state index contributed by atoms with van der Waals surface area (Å²) in [6.07, 6.45) is 4.63. The third-order valence-electron chi connectivity index (χ3n) is 3.39. The standard InChI is InChI=1S/C16H23NO2/c1-12(2)19-14-9-7-13(8-10-14)16(18)15-6-4-3-5-11-17-15/h7-10,12,15,17H,3-6,11H2,1-2H3. The summed E-state index contributed by atoms with van der Waals surface area (Å²) in [6.45, 7) is 4.94. The number of rotatable bonds is 4. The third kappa shape index (κ3) is 4.06. The average Bonchev–Trinajstić information content (AvgIpc) is 2.67. The van der Waals surface area contributed by atoms with Crippen molar-refractivity contribution in [2.45, 2.75) is 51.7 Å². The Morgan fingerprint density at radius 3 is 2.63 bits per heavy atom. The molecule has 1 aliphatic rings. The topological polar surface area (TPSA) is 38.3 Å². The van der Waals surface area contributed by atoms with Crippen LogP contribution in [0.1, 0.15) is 49.9 Å². The van der Waals surface area contributed by atoms with Crippen LogP contribution in [0.2, 0.25) is 0 Å². The second-order valence-electron chi connectivity index (χ2n) is 5.41. The van der Waals surface area contributed by atoms with E-state index in [4.69, 9.17) is 4.74 Å². The molecule has 0 saturated carbocycles. The minimum absolute atomic E-state index is 0.0145. The fourth-order valence-electron chi connectivity index (χ4n) is 2.42. The van der Waals surface area contributed by atoms with Crippen LogP contribution >= 0.6 is 0 Å². The molecule has 3 nitrogen and oxygen atoms in total. The molecule has 1 unspecified atom stereocenters. The monoisotopic (exact) mass is 261 g/mol. The number of carbonyl (C=O) groups is 1. The molecule has 2 rings (SSSR count). The van der Waals surface area contributed by atoms with Gasteiger partial charge in [0.25, 0.3) is 0 Å². The Morgan fingerprint density at radius 1 is 1.21 bits per heavy atom. The highest BCUT2D eigenvalue weighted by Crippen LogP contribution is 2.17. The van der Waals surface area contributed by atoms with Gasteiger partial charge in [-0.25, -0.2) is 0 Å². The average molecular weight is 261 g/mol. The van der Waals surface area contributed by atoms with Crippen molar-refractivity contribution in [1.82, 2.24) is 5.32 Å². The van der Waals surface area contributed by atoms with Gasteiger partial charge in [-0.3, -0.25) is 4.79 Å². The molecule has 1 heterocycles. The van der Waals surface area contributed by atoms with E-state index < -0.39 is 0 Å². The van der Waals surface area contributed by atoms with E-state index >= 15 is 0 Å². The summed E-state index contributed by atoms with van der Waals surface area (Å²) in [5.41, 5.74) is 0.774. The molecule has 19 heavy (non-hydrogen) atoms. The Bertz CT molecular complexity index is 403. The van der Waals surface area contributed by atoms with Crippen molar-refractivity contribution in [3.8, 4) is 5.75 Å². The molecule has 1 fully saturated rings. The molecule has 0 aromatic heterocycles. The molecule has 1 aliphatic heterocycles. The van der Waals surface area contributed by atoms with Crippen LogP contribution in [0.3, 0.4) is 0 Å². The van der Waals surface area contributed by atoms with Crippen LogP contribution in [0.25, 0.3) is 0 Å². The second kappa shape index (κ2) is 6.71. The number of nitrogens with one attached hydrogen (secondary N) is 1. The SMILES string of the molecule is CC(C)Oc1ccc(C(=O)C2CCCCCN2)cc1. The number of hydrogen-bond acceptors (Lipinski definition) is 3. The molecule has 104 valence electrons. The molecule has 1 N–H and O–H groups in total. The Labute approximate surface area is 115 Å². The highest BCUT2D eigenvalue weighted by atomic mass is 16.5. The molecule has 0 amide bonds. The largest absolute Gasteiger partial charge is 0.491 e. The van der Waals surface area contributed by atoms with Crippen LogP contribution < -0.4 is 10.1 Å². The fourth-order valence-corrected chi connectivity index (χ4v) is 2.42. The normalized spacial score (nSPS) is 20.1. The summed E-state index contributed by atoms with van der Waals surface area (Å²) in [6, 6.07) is 7.48. The van der Waals surface area contributed by atoms with Gasteiger partial charge in [-0.1, -0.05) is 12.8 Å². The molecule has 0 radical (unpaired) electrons. The number of ether oxygens (including phenoxy) is 1. The van der Waals surface area contributed by atoms with Crippen molar-refractivity contribution in [3.05, 3.63) is 29.8 Å². The minimum Gasteiger partial charge on any atom is -0.491 e. The predicted octanol–water partition coefficient (Wildman–Crippen LogP) is 3.19. The van der Waals surface area contributed by atoms with Crippen LogP contribution in [0.4, 0.5) is 0 Å². The Morgan fingerprint density at radius 2 is 1.95 bits per heavy atom. The minimum atomic E-state index is -0.0145. The molecule has 0 spiro atoms. The molecule has 1 saturated heterocycles. The van der Waals surface area contributed by atoms with Gasteiger partial charge in [0.2, 0.25) is 0 Å². The number of carbonyl (C=O) groups excluding carboxylic acids is 1. The first-order valence-corrected chi connectivity index (χ1v) is 7.21. The molecule has 0 aliphatic carbocycles. The molecule has 0 bridgehead atoms. The summed E-state index contributed by atoms with van der Waals surface area (Å²) in [7, 11) is 0. The van der Waals surface area contributed by atoms with E-state index in [1.165, 1.54) is 12.8 Å². The number of ketones is 1. The smallest absolute Gasteiger partial charge is 0.179 e. The summed E-state index contributed by atoms with van der Waals surface area (Å²) < 4.78 is 5.59. The summed E-state index contributed by atoms with van der Waals surface area (Å²) in [5, 5.41) is 3.35. The van der Waals surface area contributed by atoms with Crippen LogP contribution in [-0.2, 0) is 0 Å². The summed E-state index contributed by atoms with van der Waals surface area (Å²) in [4.78, 5) is 12.4. The maximum atomic E-state index is 12.4. The van der Waals surface area contributed by atoms with Gasteiger partial charge in [-0.15, -0.1) is 0 Å². The van der Waals surface area contributed by atoms with Crippen molar-refractivity contribution in [2.75, 3.05) is 6.54 Å². The maximum absolute atomic E-state index is 12.4. The quantitative estimate of drug-likeness (QED) is 0.846. The lowest BCUT2D eigenvalue weighted by atomic mass is 10.0. The molecule has 1 aromatic rings. The van der Waals surface area contributed by atoms with Crippen molar-refractivity contribution in [1.29, 1.82) is 0 Å². The summed E-state index contributed by atoms with van der Waals surface area (Å²) >= 11 is 0. The van der Waals surface area contributed by atoms with Crippen LogP contribution in [0.5, 0.6) is 5.75 Å². The number of benzene rings is 1. The van der Waals surface area contributed by atoms with Crippen molar-refractivity contribution >= 4 is 5.78 Å². The first-order valence-electron chi connectivity index (χ1n) is 7.21. The van der Waals surface area contributed by atoms with Gasteiger partial charge in [-0.05, 0) is 57.5 Å². The van der Waals surface area contributed by atoms with Crippen molar-refractivity contribution in [2.24, 2.45) is 0 Å². The lowest BCUT2D eigenvalue weighted by molar-refractivity contribution is 0.0940. The van der Waals surface area contributed by atoms with E-state index in [0.29, 0.717) is 0 Å². The van der Waals surface area contributed by atoms with Gasteiger partial charge in [0.1, 0.15) is 5.75 Å². The van der Waals surface area contributed by atoms with Gasteiger partial charge in [0.05, 0.1) is 12.1 Å². The van der Waals surface area contributed by atoms with E-state index in [-0.39, 0.29) is 17.9 Å². The highest BCUT2D eigenvalue weighted by molar-refractivity contribution is 6.00. The van der Waals surface area contributed by atoms with E-state index in [0.717, 1.165) is 30.7 Å². The van der Waals surface area contributed by atoms with Crippen LogP contribution in [-0.4, -0.2) is 24.5 Å². The zero-order valence-corrected chi connectivity index (χ0v) is 11.8. The first-order chi connectivity index (χ1) is 9.16. The van der Waals surface area contributed by atoms with Gasteiger partial charge in [0.15, 0.2) is 5.78 Å². The molecular formula is C16H23NO2. The lowest BCUT2D eigenvalue weighted by Gasteiger charge is -2.15. The van der Waals surface area contributed by atoms with E-state index in [1.54, 1.807) is 0 Å². The zero-order chi connectivity index (χ0) is 13.7.